The van der Waals surface area contributed by atoms with Crippen molar-refractivity contribution in [2.45, 2.75) is 32.6 Å². The Labute approximate surface area is 168 Å². The lowest BCUT2D eigenvalue weighted by molar-refractivity contribution is -0.367. The number of sulfonamides is 1. The molecule has 6 nitrogen and oxygen atoms in total. The van der Waals surface area contributed by atoms with Gasteiger partial charge in [-0.2, -0.15) is 4.31 Å². The highest BCUT2D eigenvalue weighted by molar-refractivity contribution is 7.89. The van der Waals surface area contributed by atoms with Crippen LogP contribution < -0.4 is 14.8 Å². The van der Waals surface area contributed by atoms with Gasteiger partial charge in [0.25, 0.3) is 5.82 Å². The number of hydrogen-bond acceptors (Lipinski definition) is 4. The van der Waals surface area contributed by atoms with Crippen molar-refractivity contribution in [2.75, 3.05) is 49.1 Å². The van der Waals surface area contributed by atoms with Crippen LogP contribution in [0.2, 0.25) is 0 Å². The number of anilines is 2. The van der Waals surface area contributed by atoms with E-state index in [-0.39, 0.29) is 0 Å². The van der Waals surface area contributed by atoms with Crippen LogP contribution in [-0.2, 0) is 10.0 Å². The van der Waals surface area contributed by atoms with Crippen LogP contribution in [0, 0.1) is 13.8 Å². The topological polar surface area (TPSA) is 58.0 Å². The van der Waals surface area contributed by atoms with E-state index in [4.69, 9.17) is 0 Å². The molecule has 0 atom stereocenters. The third-order valence-corrected chi connectivity index (χ3v) is 7.69. The van der Waals surface area contributed by atoms with Gasteiger partial charge in [0.1, 0.15) is 24.2 Å². The van der Waals surface area contributed by atoms with Crippen LogP contribution in [0.3, 0.4) is 0 Å². The molecule has 1 saturated heterocycles. The van der Waals surface area contributed by atoms with E-state index in [1.165, 1.54) is 21.1 Å². The van der Waals surface area contributed by atoms with E-state index in [0.717, 1.165) is 32.0 Å². The molecule has 0 radical (unpaired) electrons. The van der Waals surface area contributed by atoms with E-state index < -0.39 is 10.0 Å². The molecule has 28 heavy (non-hydrogen) atoms. The Morgan fingerprint density at radius 1 is 0.964 bits per heavy atom. The van der Waals surface area contributed by atoms with Crippen molar-refractivity contribution in [3.8, 4) is 0 Å². The maximum absolute atomic E-state index is 12.6. The minimum atomic E-state index is -3.43. The molecule has 2 aromatic rings. The second kappa shape index (κ2) is 8.49. The lowest BCUT2D eigenvalue weighted by Crippen LogP contribution is -2.48. The van der Waals surface area contributed by atoms with Crippen molar-refractivity contribution < 1.29 is 13.4 Å². The number of piperazine rings is 1. The number of hydrogen-bond donors (Lipinski definition) is 0. The smallest absolute Gasteiger partial charge is 0.274 e. The second-order valence-electron chi connectivity index (χ2n) is 7.19. The van der Waals surface area contributed by atoms with Gasteiger partial charge in [-0.25, -0.2) is 13.4 Å². The molecule has 2 heterocycles. The molecule has 0 spiro atoms. The number of H-pyrrole nitrogens is 1. The van der Waals surface area contributed by atoms with Gasteiger partial charge in [-0.1, -0.05) is 26.0 Å². The third-order valence-electron chi connectivity index (χ3n) is 5.65. The highest BCUT2D eigenvalue weighted by Gasteiger charge is 2.27. The summed E-state index contributed by atoms with van der Waals surface area (Å²) < 4.78 is 26.7. The first-order valence-corrected chi connectivity index (χ1v) is 11.4. The molecule has 0 bridgehead atoms. The van der Waals surface area contributed by atoms with E-state index in [0.29, 0.717) is 18.0 Å². The zero-order valence-electron chi connectivity index (χ0n) is 17.3. The first-order valence-electron chi connectivity index (χ1n) is 9.96. The summed E-state index contributed by atoms with van der Waals surface area (Å²) in [6.45, 7) is 12.7. The Balaban J connectivity index is 1.69. The average Bonchev–Trinajstić information content (AvgIpc) is 2.71. The molecule has 1 aliphatic rings. The Morgan fingerprint density at radius 2 is 1.61 bits per heavy atom. The van der Waals surface area contributed by atoms with E-state index in [1.54, 1.807) is 12.3 Å². The van der Waals surface area contributed by atoms with Crippen molar-refractivity contribution in [3.05, 3.63) is 47.7 Å². The molecule has 3 rings (SSSR count). The van der Waals surface area contributed by atoms with Crippen LogP contribution in [0.1, 0.15) is 25.0 Å². The number of pyridine rings is 1. The van der Waals surface area contributed by atoms with Gasteiger partial charge in [0.15, 0.2) is 0 Å². The summed E-state index contributed by atoms with van der Waals surface area (Å²) in [7, 11) is -3.43. The average molecular weight is 404 g/mol. The highest BCUT2D eigenvalue weighted by Crippen LogP contribution is 2.25. The van der Waals surface area contributed by atoms with Crippen LogP contribution in [0.25, 0.3) is 0 Å². The summed E-state index contributed by atoms with van der Waals surface area (Å²) in [5.74, 6) is 0.958. The fraction of sp³-hybridized carbons (Fsp3) is 0.476. The minimum Gasteiger partial charge on any atom is -0.363 e. The van der Waals surface area contributed by atoms with Crippen LogP contribution in [0.5, 0.6) is 0 Å². The summed E-state index contributed by atoms with van der Waals surface area (Å²) in [5, 5.41) is 0. The molecule has 0 unspecified atom stereocenters. The SMILES string of the molecule is CCN(CC)S(=O)(=O)c1ccc(N2CCN(c3cccc(C)c3C)CC2)[nH+]c1. The first-order chi connectivity index (χ1) is 13.4. The molecule has 1 fully saturated rings. The summed E-state index contributed by atoms with van der Waals surface area (Å²) >= 11 is 0. The highest BCUT2D eigenvalue weighted by atomic mass is 32.2. The van der Waals surface area contributed by atoms with Gasteiger partial charge in [-0.15, -0.1) is 0 Å². The molecular formula is C21H31N4O2S+. The lowest BCUT2D eigenvalue weighted by atomic mass is 10.1. The Morgan fingerprint density at radius 3 is 2.18 bits per heavy atom. The van der Waals surface area contributed by atoms with Gasteiger partial charge >= 0.3 is 0 Å². The van der Waals surface area contributed by atoms with Crippen LogP contribution in [-0.4, -0.2) is 52.0 Å². The number of rotatable bonds is 6. The normalized spacial score (nSPS) is 15.3. The van der Waals surface area contributed by atoms with E-state index in [2.05, 4.69) is 46.8 Å². The summed E-state index contributed by atoms with van der Waals surface area (Å²) in [6.07, 6.45) is 1.61. The van der Waals surface area contributed by atoms with Crippen molar-refractivity contribution in [1.29, 1.82) is 0 Å². The number of nitrogens with zero attached hydrogens (tertiary/aromatic N) is 3. The van der Waals surface area contributed by atoms with Gasteiger partial charge in [-0.3, -0.25) is 4.90 Å². The number of nitrogens with one attached hydrogen (secondary N) is 1. The Hall–Kier alpha value is -2.12. The molecule has 1 aromatic heterocycles. The fourth-order valence-corrected chi connectivity index (χ4v) is 5.16. The zero-order chi connectivity index (χ0) is 20.3. The maximum Gasteiger partial charge on any atom is 0.274 e. The molecule has 1 aromatic carbocycles. The van der Waals surface area contributed by atoms with E-state index in [1.807, 2.05) is 19.9 Å². The quantitative estimate of drug-likeness (QED) is 0.744. The molecule has 0 amide bonds. The van der Waals surface area contributed by atoms with Crippen molar-refractivity contribution >= 4 is 21.5 Å². The van der Waals surface area contributed by atoms with Crippen LogP contribution >= 0.6 is 0 Å². The largest absolute Gasteiger partial charge is 0.363 e. The number of aryl methyl sites for hydroxylation is 1. The molecule has 0 aliphatic carbocycles. The monoisotopic (exact) mass is 403 g/mol. The van der Waals surface area contributed by atoms with Crippen LogP contribution in [0.15, 0.2) is 41.4 Å². The fourth-order valence-electron chi connectivity index (χ4n) is 3.74. The first kappa shape index (κ1) is 20.6. The number of aromatic nitrogens is 1. The molecular weight excluding hydrogens is 372 g/mol. The van der Waals surface area contributed by atoms with Gasteiger partial charge in [0, 0.05) is 24.8 Å². The summed E-state index contributed by atoms with van der Waals surface area (Å²) in [6, 6.07) is 10.0. The minimum absolute atomic E-state index is 0.314. The molecule has 1 N–H and O–H groups in total. The summed E-state index contributed by atoms with van der Waals surface area (Å²) in [4.78, 5) is 8.21. The predicted octanol–water partition coefficient (Wildman–Crippen LogP) is 2.47. The lowest BCUT2D eigenvalue weighted by Gasteiger charge is -2.33. The number of aromatic amines is 1. The van der Waals surface area contributed by atoms with Crippen molar-refractivity contribution in [1.82, 2.24) is 4.31 Å². The summed E-state index contributed by atoms with van der Waals surface area (Å²) in [5.41, 5.74) is 3.97. The third kappa shape index (κ3) is 4.00. The Kier molecular flexibility index (Phi) is 6.25. The van der Waals surface area contributed by atoms with Crippen LogP contribution in [0.4, 0.5) is 11.5 Å². The maximum atomic E-state index is 12.6. The zero-order valence-corrected chi connectivity index (χ0v) is 18.1. The van der Waals surface area contributed by atoms with Gasteiger partial charge < -0.3 is 4.90 Å². The molecule has 7 heteroatoms. The van der Waals surface area contributed by atoms with Crippen molar-refractivity contribution in [2.24, 2.45) is 0 Å². The Bertz CT molecular complexity index is 901. The molecule has 0 saturated carbocycles. The van der Waals surface area contributed by atoms with Gasteiger partial charge in [-0.05, 0) is 37.1 Å². The van der Waals surface area contributed by atoms with E-state index in [9.17, 15) is 8.42 Å². The standard InChI is InChI=1S/C21H30N4O2S/c1-5-25(6-2)28(26,27)19-10-11-21(22-16-19)24-14-12-23(13-15-24)20-9-7-8-17(3)18(20)4/h7-11,16H,5-6,12-15H2,1-4H3/p+1. The predicted molar refractivity (Wildman–Crippen MR) is 113 cm³/mol. The molecule has 152 valence electrons. The number of benzene rings is 1. The van der Waals surface area contributed by atoms with Gasteiger partial charge in [0.2, 0.25) is 10.0 Å². The second-order valence-corrected chi connectivity index (χ2v) is 9.13. The van der Waals surface area contributed by atoms with Gasteiger partial charge in [0.05, 0.1) is 13.1 Å². The molecule has 1 aliphatic heterocycles. The van der Waals surface area contributed by atoms with Crippen molar-refractivity contribution in [3.63, 3.8) is 0 Å². The van der Waals surface area contributed by atoms with E-state index >= 15 is 0 Å².